The van der Waals surface area contributed by atoms with E-state index >= 15 is 0 Å². The number of benzene rings is 10. The standard InChI is InChI=1S/C61H39NO2/c1-5-16-40(17-6-1)41-28-30-45(31-29-41)62(47-32-34-50-49-24-13-14-27-55(49)61(56(50)37-47,43-20-9-3-10-21-43)44-22-11-4-12-23-44)46-33-35-57-52(36-46)54-39-59-53(38-58(54)63-57)51-26-15-25-48(60(51)64-59)42-18-7-2-8-19-42/h1-39H. The van der Waals surface area contributed by atoms with Gasteiger partial charge in [-0.05, 0) is 105 Å². The Labute approximate surface area is 370 Å². The second-order valence-electron chi connectivity index (χ2n) is 16.8. The van der Waals surface area contributed by atoms with Gasteiger partial charge in [0.15, 0.2) is 0 Å². The Hall–Kier alpha value is -8.40. The maximum absolute atomic E-state index is 6.74. The zero-order valence-corrected chi connectivity index (χ0v) is 34.8. The number of furan rings is 2. The molecule has 0 saturated carbocycles. The Balaban J connectivity index is 1.02. The van der Waals surface area contributed by atoms with Crippen LogP contribution in [0.2, 0.25) is 0 Å². The van der Waals surface area contributed by atoms with Crippen molar-refractivity contribution in [2.24, 2.45) is 0 Å². The highest BCUT2D eigenvalue weighted by molar-refractivity contribution is 6.17. The molecule has 2 aromatic heterocycles. The fourth-order valence-corrected chi connectivity index (χ4v) is 10.5. The smallest absolute Gasteiger partial charge is 0.143 e. The predicted octanol–water partition coefficient (Wildman–Crippen LogP) is 16.7. The van der Waals surface area contributed by atoms with Crippen LogP contribution in [-0.4, -0.2) is 0 Å². The fraction of sp³-hybridized carbons (Fsp3) is 0.0164. The lowest BCUT2D eigenvalue weighted by molar-refractivity contribution is 0.664. The molecule has 10 aromatic carbocycles. The summed E-state index contributed by atoms with van der Waals surface area (Å²) in [5.41, 5.74) is 18.1. The molecule has 12 aromatic rings. The van der Waals surface area contributed by atoms with Crippen LogP contribution in [0.3, 0.4) is 0 Å². The fourth-order valence-electron chi connectivity index (χ4n) is 10.5. The van der Waals surface area contributed by atoms with E-state index in [1.54, 1.807) is 0 Å². The van der Waals surface area contributed by atoms with Crippen LogP contribution in [0.4, 0.5) is 17.1 Å². The number of para-hydroxylation sites is 1. The van der Waals surface area contributed by atoms with Crippen LogP contribution in [-0.2, 0) is 5.41 Å². The quantitative estimate of drug-likeness (QED) is 0.160. The molecule has 2 heterocycles. The Bertz CT molecular complexity index is 3660. The monoisotopic (exact) mass is 817 g/mol. The van der Waals surface area contributed by atoms with E-state index in [9.17, 15) is 0 Å². The maximum atomic E-state index is 6.74. The first-order valence-electron chi connectivity index (χ1n) is 21.9. The average Bonchev–Trinajstić information content (AvgIpc) is 4.02. The lowest BCUT2D eigenvalue weighted by Gasteiger charge is -2.35. The van der Waals surface area contributed by atoms with Crippen LogP contribution >= 0.6 is 0 Å². The van der Waals surface area contributed by atoms with Crippen molar-refractivity contribution in [1.82, 2.24) is 0 Å². The third-order valence-electron chi connectivity index (χ3n) is 13.3. The van der Waals surface area contributed by atoms with Gasteiger partial charge in [-0.15, -0.1) is 0 Å². The van der Waals surface area contributed by atoms with Crippen LogP contribution in [0.25, 0.3) is 77.3 Å². The second-order valence-corrected chi connectivity index (χ2v) is 16.8. The molecule has 0 amide bonds. The first-order valence-corrected chi connectivity index (χ1v) is 21.9. The van der Waals surface area contributed by atoms with Crippen molar-refractivity contribution >= 4 is 60.9 Å². The Morgan fingerprint density at radius 1 is 0.297 bits per heavy atom. The summed E-state index contributed by atoms with van der Waals surface area (Å²) in [5.74, 6) is 0. The molecule has 1 aliphatic carbocycles. The second kappa shape index (κ2) is 14.3. The van der Waals surface area contributed by atoms with E-state index in [0.717, 1.165) is 72.1 Å². The number of fused-ring (bicyclic) bond motifs is 9. The largest absolute Gasteiger partial charge is 0.456 e. The van der Waals surface area contributed by atoms with E-state index in [4.69, 9.17) is 8.83 Å². The number of nitrogens with zero attached hydrogens (tertiary/aromatic N) is 1. The summed E-state index contributed by atoms with van der Waals surface area (Å²) in [7, 11) is 0. The average molecular weight is 818 g/mol. The van der Waals surface area contributed by atoms with Crippen LogP contribution in [0.5, 0.6) is 0 Å². The highest BCUT2D eigenvalue weighted by Gasteiger charge is 2.46. The number of anilines is 3. The number of rotatable bonds is 7. The molecule has 0 aliphatic heterocycles. The van der Waals surface area contributed by atoms with E-state index in [0.29, 0.717) is 0 Å². The summed E-state index contributed by atoms with van der Waals surface area (Å²) >= 11 is 0. The molecule has 300 valence electrons. The number of hydrogen-bond acceptors (Lipinski definition) is 3. The van der Waals surface area contributed by atoms with Crippen molar-refractivity contribution < 1.29 is 8.83 Å². The summed E-state index contributed by atoms with van der Waals surface area (Å²) in [6, 6.07) is 85.2. The predicted molar refractivity (Wildman–Crippen MR) is 264 cm³/mol. The van der Waals surface area contributed by atoms with Gasteiger partial charge in [0.25, 0.3) is 0 Å². The maximum Gasteiger partial charge on any atom is 0.143 e. The van der Waals surface area contributed by atoms with Crippen LogP contribution in [0.15, 0.2) is 245 Å². The molecule has 0 N–H and O–H groups in total. The van der Waals surface area contributed by atoms with Gasteiger partial charge in [0.05, 0.1) is 5.41 Å². The van der Waals surface area contributed by atoms with Crippen molar-refractivity contribution in [2.75, 3.05) is 4.90 Å². The summed E-state index contributed by atoms with van der Waals surface area (Å²) < 4.78 is 13.4. The Kier molecular flexibility index (Phi) is 8.13. The van der Waals surface area contributed by atoms with Gasteiger partial charge in [0, 0.05) is 44.2 Å². The molecular formula is C61H39NO2. The zero-order valence-electron chi connectivity index (χ0n) is 34.8. The van der Waals surface area contributed by atoms with Crippen LogP contribution in [0, 0.1) is 0 Å². The minimum absolute atomic E-state index is 0.531. The summed E-state index contributed by atoms with van der Waals surface area (Å²) in [4.78, 5) is 2.39. The van der Waals surface area contributed by atoms with E-state index in [2.05, 4.69) is 235 Å². The van der Waals surface area contributed by atoms with Crippen molar-refractivity contribution in [1.29, 1.82) is 0 Å². The first kappa shape index (κ1) is 36.3. The summed E-state index contributed by atoms with van der Waals surface area (Å²) in [6.07, 6.45) is 0. The lowest BCUT2D eigenvalue weighted by atomic mass is 9.67. The highest BCUT2D eigenvalue weighted by atomic mass is 16.3. The Morgan fingerprint density at radius 2 is 0.812 bits per heavy atom. The minimum Gasteiger partial charge on any atom is -0.456 e. The zero-order chi connectivity index (χ0) is 42.2. The minimum atomic E-state index is -0.531. The molecule has 0 saturated heterocycles. The molecule has 3 heteroatoms. The molecule has 0 radical (unpaired) electrons. The Morgan fingerprint density at radius 3 is 1.53 bits per heavy atom. The van der Waals surface area contributed by atoms with E-state index in [1.807, 2.05) is 6.07 Å². The topological polar surface area (TPSA) is 29.5 Å². The molecule has 0 atom stereocenters. The molecule has 3 nitrogen and oxygen atoms in total. The SMILES string of the molecule is c1ccc(-c2ccc(N(c3ccc4c(c3)C(c3ccccc3)(c3ccccc3)c3ccccc3-4)c3ccc4oc5cc6c(cc5c4c3)oc3c(-c4ccccc4)cccc36)cc2)cc1. The molecule has 1 aliphatic rings. The van der Waals surface area contributed by atoms with Gasteiger partial charge in [0.2, 0.25) is 0 Å². The van der Waals surface area contributed by atoms with E-state index in [-0.39, 0.29) is 0 Å². The third kappa shape index (κ3) is 5.47. The van der Waals surface area contributed by atoms with Crippen LogP contribution < -0.4 is 4.90 Å². The van der Waals surface area contributed by atoms with Crippen LogP contribution in [0.1, 0.15) is 22.3 Å². The van der Waals surface area contributed by atoms with Gasteiger partial charge < -0.3 is 13.7 Å². The molecule has 0 bridgehead atoms. The summed E-state index contributed by atoms with van der Waals surface area (Å²) in [6.45, 7) is 0. The highest BCUT2D eigenvalue weighted by Crippen LogP contribution is 2.57. The molecule has 0 unspecified atom stereocenters. The van der Waals surface area contributed by atoms with Gasteiger partial charge in [-0.3, -0.25) is 0 Å². The number of hydrogen-bond donors (Lipinski definition) is 0. The summed E-state index contributed by atoms with van der Waals surface area (Å²) in [5, 5.41) is 4.16. The van der Waals surface area contributed by atoms with Crippen molar-refractivity contribution in [2.45, 2.75) is 5.41 Å². The lowest BCUT2D eigenvalue weighted by Crippen LogP contribution is -2.28. The van der Waals surface area contributed by atoms with Crippen molar-refractivity contribution in [3.8, 4) is 33.4 Å². The molecule has 0 fully saturated rings. The molecule has 13 rings (SSSR count). The van der Waals surface area contributed by atoms with E-state index in [1.165, 1.54) is 44.5 Å². The first-order chi connectivity index (χ1) is 31.7. The van der Waals surface area contributed by atoms with E-state index < -0.39 is 5.41 Å². The van der Waals surface area contributed by atoms with Crippen molar-refractivity contribution in [3.63, 3.8) is 0 Å². The normalized spacial score (nSPS) is 12.8. The van der Waals surface area contributed by atoms with Gasteiger partial charge in [-0.2, -0.15) is 0 Å². The molecule has 64 heavy (non-hydrogen) atoms. The van der Waals surface area contributed by atoms with Gasteiger partial charge in [0.1, 0.15) is 22.3 Å². The van der Waals surface area contributed by atoms with Gasteiger partial charge in [-0.1, -0.05) is 182 Å². The van der Waals surface area contributed by atoms with Gasteiger partial charge >= 0.3 is 0 Å². The third-order valence-corrected chi connectivity index (χ3v) is 13.3. The van der Waals surface area contributed by atoms with Crippen molar-refractivity contribution in [3.05, 3.63) is 259 Å². The molecular weight excluding hydrogens is 779 g/mol. The molecule has 0 spiro atoms. The van der Waals surface area contributed by atoms with Gasteiger partial charge in [-0.25, -0.2) is 0 Å².